The largest absolute Gasteiger partial charge is 0.291 e. The molecule has 0 atom stereocenters. The van der Waals surface area contributed by atoms with Gasteiger partial charge in [-0.1, -0.05) is 109 Å². The van der Waals surface area contributed by atoms with Crippen LogP contribution in [0.5, 0.6) is 0 Å². The molecule has 1 aliphatic rings. The van der Waals surface area contributed by atoms with E-state index in [1.54, 1.807) is 0 Å². The first kappa shape index (κ1) is 24.3. The van der Waals surface area contributed by atoms with Crippen molar-refractivity contribution in [3.63, 3.8) is 0 Å². The number of para-hydroxylation sites is 3. The summed E-state index contributed by atoms with van der Waals surface area (Å²) in [4.78, 5) is 15.3. The minimum absolute atomic E-state index is 0.810. The number of hydrogen-bond acceptors (Lipinski definition) is 3. The van der Waals surface area contributed by atoms with Gasteiger partial charge in [0, 0.05) is 39.9 Å². The number of rotatable bonds is 2. The van der Waals surface area contributed by atoms with E-state index in [0.717, 1.165) is 50.3 Å². The van der Waals surface area contributed by atoms with Gasteiger partial charge < -0.3 is 0 Å². The molecule has 0 radical (unpaired) electrons. The second-order valence-electron chi connectivity index (χ2n) is 11.6. The fourth-order valence-electron chi connectivity index (χ4n) is 7.33. The van der Waals surface area contributed by atoms with Crippen LogP contribution >= 0.6 is 0 Å². The second kappa shape index (κ2) is 9.18. The molecule has 3 heterocycles. The van der Waals surface area contributed by atoms with Crippen LogP contribution in [0.2, 0.25) is 0 Å². The lowest BCUT2D eigenvalue weighted by atomic mass is 9.92. The van der Waals surface area contributed by atoms with Gasteiger partial charge in [0.15, 0.2) is 5.82 Å². The summed E-state index contributed by atoms with van der Waals surface area (Å²) in [6, 6.07) is 47.2. The van der Waals surface area contributed by atoms with Crippen LogP contribution in [0.3, 0.4) is 0 Å². The number of pyridine rings is 1. The van der Waals surface area contributed by atoms with Gasteiger partial charge >= 0.3 is 0 Å². The van der Waals surface area contributed by atoms with Gasteiger partial charge in [-0.05, 0) is 57.3 Å². The van der Waals surface area contributed by atoms with Gasteiger partial charge in [-0.25, -0.2) is 9.97 Å². The smallest absolute Gasteiger partial charge is 0.165 e. The number of aromatic nitrogens is 4. The molecule has 0 N–H and O–H groups in total. The molecule has 45 heavy (non-hydrogen) atoms. The third kappa shape index (κ3) is 3.39. The SMILES string of the molecule is c1ccc(-c2nc3ccccc3nc2-n2c3ccccc3c3ccc4c(c32)-c2cnccc2-c2cccc3cccc-4c23)cc1. The minimum atomic E-state index is 0.810. The van der Waals surface area contributed by atoms with Crippen LogP contribution in [0.1, 0.15) is 0 Å². The van der Waals surface area contributed by atoms with Gasteiger partial charge in [0.05, 0.1) is 22.1 Å². The summed E-state index contributed by atoms with van der Waals surface area (Å²) in [5, 5.41) is 4.85. The number of nitrogens with zero attached hydrogens (tertiary/aromatic N) is 4. The van der Waals surface area contributed by atoms with E-state index in [0.29, 0.717) is 0 Å². The first-order valence-corrected chi connectivity index (χ1v) is 15.2. The molecular weight excluding hydrogens is 548 g/mol. The van der Waals surface area contributed by atoms with Crippen molar-refractivity contribution < 1.29 is 0 Å². The zero-order valence-corrected chi connectivity index (χ0v) is 24.1. The molecule has 10 rings (SSSR count). The van der Waals surface area contributed by atoms with Crippen LogP contribution < -0.4 is 0 Å². The fraction of sp³-hybridized carbons (Fsp3) is 0. The molecule has 0 spiro atoms. The Morgan fingerprint density at radius 2 is 1.22 bits per heavy atom. The number of benzene rings is 6. The topological polar surface area (TPSA) is 43.6 Å². The van der Waals surface area contributed by atoms with Crippen molar-refractivity contribution in [1.82, 2.24) is 19.5 Å². The molecule has 0 amide bonds. The highest BCUT2D eigenvalue weighted by Crippen LogP contribution is 2.51. The predicted molar refractivity (Wildman–Crippen MR) is 184 cm³/mol. The maximum absolute atomic E-state index is 5.39. The van der Waals surface area contributed by atoms with Gasteiger partial charge in [0.2, 0.25) is 0 Å². The Labute approximate surface area is 258 Å². The molecule has 0 fully saturated rings. The quantitative estimate of drug-likeness (QED) is 0.207. The van der Waals surface area contributed by atoms with E-state index in [1.165, 1.54) is 43.8 Å². The van der Waals surface area contributed by atoms with Crippen molar-refractivity contribution in [1.29, 1.82) is 0 Å². The van der Waals surface area contributed by atoms with E-state index >= 15 is 0 Å². The molecule has 4 nitrogen and oxygen atoms in total. The van der Waals surface area contributed by atoms with Crippen LogP contribution in [0, 0.1) is 0 Å². The van der Waals surface area contributed by atoms with E-state index in [2.05, 4.69) is 108 Å². The summed E-state index contributed by atoms with van der Waals surface area (Å²) in [6.45, 7) is 0. The minimum Gasteiger partial charge on any atom is -0.291 e. The average molecular weight is 573 g/mol. The Kier molecular flexibility index (Phi) is 4.96. The van der Waals surface area contributed by atoms with Gasteiger partial charge in [-0.2, -0.15) is 0 Å². The summed E-state index contributed by atoms with van der Waals surface area (Å²) < 4.78 is 2.35. The zero-order valence-electron chi connectivity index (χ0n) is 24.1. The van der Waals surface area contributed by atoms with Crippen LogP contribution in [0.15, 0.2) is 146 Å². The Morgan fingerprint density at radius 1 is 0.489 bits per heavy atom. The third-order valence-corrected chi connectivity index (χ3v) is 9.22. The highest BCUT2D eigenvalue weighted by molar-refractivity contribution is 6.22. The van der Waals surface area contributed by atoms with Gasteiger partial charge in [0.1, 0.15) is 5.69 Å². The number of fused-ring (bicyclic) bond motifs is 10. The van der Waals surface area contributed by atoms with E-state index in [4.69, 9.17) is 15.0 Å². The van der Waals surface area contributed by atoms with Crippen molar-refractivity contribution in [2.75, 3.05) is 0 Å². The molecule has 0 bridgehead atoms. The van der Waals surface area contributed by atoms with Crippen molar-refractivity contribution >= 4 is 43.6 Å². The van der Waals surface area contributed by atoms with Crippen LogP contribution in [-0.4, -0.2) is 19.5 Å². The van der Waals surface area contributed by atoms with Crippen molar-refractivity contribution in [3.8, 4) is 50.5 Å². The Balaban J connectivity index is 1.45. The van der Waals surface area contributed by atoms with E-state index in [9.17, 15) is 0 Å². The second-order valence-corrected chi connectivity index (χ2v) is 11.6. The van der Waals surface area contributed by atoms with Crippen molar-refractivity contribution in [3.05, 3.63) is 146 Å². The Bertz CT molecular complexity index is 2650. The summed E-state index contributed by atoms with van der Waals surface area (Å²) in [7, 11) is 0. The Morgan fingerprint density at radius 3 is 2.07 bits per heavy atom. The average Bonchev–Trinajstić information content (AvgIpc) is 3.38. The maximum atomic E-state index is 5.39. The summed E-state index contributed by atoms with van der Waals surface area (Å²) in [5.41, 5.74) is 12.9. The highest BCUT2D eigenvalue weighted by Gasteiger charge is 2.28. The molecule has 4 heteroatoms. The van der Waals surface area contributed by atoms with Gasteiger partial charge in [0.25, 0.3) is 0 Å². The lowest BCUT2D eigenvalue weighted by Crippen LogP contribution is -2.04. The zero-order chi connectivity index (χ0) is 29.5. The molecule has 1 aliphatic carbocycles. The first-order valence-electron chi connectivity index (χ1n) is 15.2. The number of hydrogen-bond donors (Lipinski definition) is 0. The third-order valence-electron chi connectivity index (χ3n) is 9.22. The molecule has 0 saturated heterocycles. The van der Waals surface area contributed by atoms with E-state index in [-0.39, 0.29) is 0 Å². The van der Waals surface area contributed by atoms with E-state index < -0.39 is 0 Å². The van der Waals surface area contributed by atoms with Crippen LogP contribution in [0.4, 0.5) is 0 Å². The van der Waals surface area contributed by atoms with Crippen molar-refractivity contribution in [2.24, 2.45) is 0 Å². The lowest BCUT2D eigenvalue weighted by Gasteiger charge is -2.17. The Hall–Kier alpha value is -6.13. The molecule has 0 unspecified atom stereocenters. The monoisotopic (exact) mass is 572 g/mol. The van der Waals surface area contributed by atoms with Gasteiger partial charge in [-0.15, -0.1) is 0 Å². The van der Waals surface area contributed by atoms with E-state index in [1.807, 2.05) is 42.7 Å². The summed E-state index contributed by atoms with van der Waals surface area (Å²) >= 11 is 0. The molecule has 3 aromatic heterocycles. The highest BCUT2D eigenvalue weighted by atomic mass is 15.1. The van der Waals surface area contributed by atoms with Crippen LogP contribution in [0.25, 0.3) is 94.1 Å². The molecule has 0 aliphatic heterocycles. The molecule has 0 saturated carbocycles. The van der Waals surface area contributed by atoms with Crippen LogP contribution in [-0.2, 0) is 0 Å². The van der Waals surface area contributed by atoms with Gasteiger partial charge in [-0.3, -0.25) is 9.55 Å². The molecular formula is C41H24N4. The van der Waals surface area contributed by atoms with Crippen molar-refractivity contribution in [2.45, 2.75) is 0 Å². The normalized spacial score (nSPS) is 12.0. The predicted octanol–water partition coefficient (Wildman–Crippen LogP) is 10.3. The molecule has 6 aromatic carbocycles. The maximum Gasteiger partial charge on any atom is 0.165 e. The lowest BCUT2D eigenvalue weighted by molar-refractivity contribution is 1.08. The fourth-order valence-corrected chi connectivity index (χ4v) is 7.33. The summed E-state index contributed by atoms with van der Waals surface area (Å²) in [6.07, 6.45) is 3.94. The molecule has 208 valence electrons. The standard InChI is InChI=1S/C41H24N4/c1-2-10-26(11-3-1)39-41(44-35-18-6-5-17-34(35)43-39)45-36-19-7-4-14-28(36)32-21-20-31-30-16-9-13-25-12-8-15-29(37(25)30)27-22-23-42-24-33(27)38(31)40(32)45/h1-24H. The summed E-state index contributed by atoms with van der Waals surface area (Å²) in [5.74, 6) is 0.810. The molecule has 9 aromatic rings. The first-order chi connectivity index (χ1) is 22.3.